The number of rotatable bonds is 4. The van der Waals surface area contributed by atoms with Crippen molar-refractivity contribution >= 4 is 17.3 Å². The first-order valence-corrected chi connectivity index (χ1v) is 6.73. The van der Waals surface area contributed by atoms with Crippen molar-refractivity contribution in [1.29, 1.82) is 5.26 Å². The van der Waals surface area contributed by atoms with Crippen LogP contribution in [0, 0.1) is 21.4 Å². The van der Waals surface area contributed by atoms with E-state index in [4.69, 9.17) is 16.9 Å². The summed E-state index contributed by atoms with van der Waals surface area (Å²) in [7, 11) is 0. The summed E-state index contributed by atoms with van der Waals surface area (Å²) < 4.78 is 1.36. The fraction of sp³-hybridized carbons (Fsp3) is 0.308. The van der Waals surface area contributed by atoms with Crippen LogP contribution in [-0.2, 0) is 12.8 Å². The first kappa shape index (κ1) is 14.9. The number of halogens is 1. The molecule has 0 saturated heterocycles. The zero-order chi connectivity index (χ0) is 15.6. The van der Waals surface area contributed by atoms with Crippen LogP contribution in [0.4, 0.5) is 5.69 Å². The van der Waals surface area contributed by atoms with E-state index in [0.717, 1.165) is 0 Å². The van der Waals surface area contributed by atoms with E-state index in [1.165, 1.54) is 16.9 Å². The van der Waals surface area contributed by atoms with Gasteiger partial charge in [-0.2, -0.15) is 10.4 Å². The van der Waals surface area contributed by atoms with E-state index in [1.807, 2.05) is 6.07 Å². The maximum Gasteiger partial charge on any atom is 0.313 e. The molecule has 0 radical (unpaired) electrons. The van der Waals surface area contributed by atoms with Gasteiger partial charge in [0, 0.05) is 6.20 Å². The van der Waals surface area contributed by atoms with Crippen molar-refractivity contribution in [1.82, 2.24) is 14.8 Å². The monoisotopic (exact) mass is 305 g/mol. The van der Waals surface area contributed by atoms with E-state index in [0.29, 0.717) is 24.2 Å². The highest BCUT2D eigenvalue weighted by atomic mass is 35.5. The number of hydrogen-bond acceptors (Lipinski definition) is 5. The molecule has 0 amide bonds. The molecule has 0 aliphatic rings. The minimum Gasteiger partial charge on any atom is -0.258 e. The zero-order valence-corrected chi connectivity index (χ0v) is 12.3. The average Bonchev–Trinajstić information content (AvgIpc) is 2.86. The molecule has 21 heavy (non-hydrogen) atoms. The second-order valence-electron chi connectivity index (χ2n) is 4.23. The van der Waals surface area contributed by atoms with Crippen LogP contribution in [-0.4, -0.2) is 19.7 Å². The Bertz CT molecular complexity index is 748. The Balaban J connectivity index is 2.77. The number of aromatic nitrogens is 3. The van der Waals surface area contributed by atoms with Crippen molar-refractivity contribution in [2.75, 3.05) is 0 Å². The molecule has 2 aromatic rings. The standard InChI is InChI=1S/C13H12ClN5O2/c1-3-9-12(19(20)21)10(4-2)18(17-9)13-11(14)8(7-15)5-6-16-13/h5-6H,3-4H2,1-2H3. The number of hydrogen-bond donors (Lipinski definition) is 0. The van der Waals surface area contributed by atoms with Crippen LogP contribution in [0.1, 0.15) is 30.8 Å². The van der Waals surface area contributed by atoms with Crippen LogP contribution < -0.4 is 0 Å². The fourth-order valence-electron chi connectivity index (χ4n) is 2.10. The van der Waals surface area contributed by atoms with Crippen molar-refractivity contribution in [3.8, 4) is 11.9 Å². The predicted octanol–water partition coefficient (Wildman–Crippen LogP) is 2.83. The van der Waals surface area contributed by atoms with Crippen molar-refractivity contribution in [3.63, 3.8) is 0 Å². The molecule has 0 spiro atoms. The first-order valence-electron chi connectivity index (χ1n) is 6.35. The van der Waals surface area contributed by atoms with Gasteiger partial charge in [-0.15, -0.1) is 0 Å². The molecule has 0 fully saturated rings. The first-order chi connectivity index (χ1) is 10.0. The molecular weight excluding hydrogens is 294 g/mol. The quantitative estimate of drug-likeness (QED) is 0.639. The zero-order valence-electron chi connectivity index (χ0n) is 11.5. The summed E-state index contributed by atoms with van der Waals surface area (Å²) in [5.74, 6) is 0.232. The van der Waals surface area contributed by atoms with Gasteiger partial charge in [0.2, 0.25) is 0 Å². The molecule has 0 saturated carbocycles. The van der Waals surface area contributed by atoms with Gasteiger partial charge in [-0.05, 0) is 18.9 Å². The number of aryl methyl sites for hydroxylation is 1. The van der Waals surface area contributed by atoms with E-state index >= 15 is 0 Å². The fourth-order valence-corrected chi connectivity index (χ4v) is 2.34. The molecule has 7 nitrogen and oxygen atoms in total. The SMILES string of the molecule is CCc1nn(-c2nccc(C#N)c2Cl)c(CC)c1[N+](=O)[O-]. The minimum absolute atomic E-state index is 0.0137. The maximum atomic E-state index is 11.3. The van der Waals surface area contributed by atoms with Crippen LogP contribution in [0.5, 0.6) is 0 Å². The molecule has 0 N–H and O–H groups in total. The summed E-state index contributed by atoms with van der Waals surface area (Å²) in [5, 5.41) is 24.6. The largest absolute Gasteiger partial charge is 0.313 e. The summed E-state index contributed by atoms with van der Waals surface area (Å²) in [6.45, 7) is 3.59. The normalized spacial score (nSPS) is 10.4. The third-order valence-electron chi connectivity index (χ3n) is 3.07. The molecule has 108 valence electrons. The second-order valence-corrected chi connectivity index (χ2v) is 4.60. The van der Waals surface area contributed by atoms with E-state index in [9.17, 15) is 10.1 Å². The lowest BCUT2D eigenvalue weighted by atomic mass is 10.2. The molecule has 2 rings (SSSR count). The highest BCUT2D eigenvalue weighted by Gasteiger charge is 2.27. The lowest BCUT2D eigenvalue weighted by Gasteiger charge is -2.06. The van der Waals surface area contributed by atoms with Crippen molar-refractivity contribution < 1.29 is 4.92 Å². The van der Waals surface area contributed by atoms with Gasteiger partial charge in [0.1, 0.15) is 22.5 Å². The summed E-state index contributed by atoms with van der Waals surface area (Å²) >= 11 is 6.14. The Labute approximate surface area is 125 Å². The Morgan fingerprint density at radius 2 is 2.19 bits per heavy atom. The smallest absolute Gasteiger partial charge is 0.258 e. The van der Waals surface area contributed by atoms with Crippen LogP contribution in [0.2, 0.25) is 5.02 Å². The second kappa shape index (κ2) is 5.89. The third-order valence-corrected chi connectivity index (χ3v) is 3.44. The van der Waals surface area contributed by atoms with Crippen molar-refractivity contribution in [3.05, 3.63) is 44.4 Å². The van der Waals surface area contributed by atoms with Crippen molar-refractivity contribution in [2.24, 2.45) is 0 Å². The van der Waals surface area contributed by atoms with Crippen LogP contribution in [0.3, 0.4) is 0 Å². The molecular formula is C13H12ClN5O2. The lowest BCUT2D eigenvalue weighted by molar-refractivity contribution is -0.386. The van der Waals surface area contributed by atoms with Gasteiger partial charge < -0.3 is 0 Å². The van der Waals surface area contributed by atoms with Gasteiger partial charge in [-0.1, -0.05) is 25.4 Å². The molecule has 0 atom stereocenters. The van der Waals surface area contributed by atoms with E-state index in [2.05, 4.69) is 10.1 Å². The molecule has 2 heterocycles. The highest BCUT2D eigenvalue weighted by molar-refractivity contribution is 6.33. The van der Waals surface area contributed by atoms with Crippen LogP contribution in [0.25, 0.3) is 5.82 Å². The molecule has 0 aliphatic carbocycles. The molecule has 0 bridgehead atoms. The van der Waals surface area contributed by atoms with Gasteiger partial charge in [0.15, 0.2) is 5.82 Å². The Hall–Kier alpha value is -2.46. The number of nitro groups is 1. The van der Waals surface area contributed by atoms with E-state index in [-0.39, 0.29) is 22.1 Å². The average molecular weight is 306 g/mol. The number of pyridine rings is 1. The number of nitriles is 1. The van der Waals surface area contributed by atoms with Gasteiger partial charge in [0.05, 0.1) is 10.5 Å². The molecule has 8 heteroatoms. The van der Waals surface area contributed by atoms with E-state index < -0.39 is 4.92 Å². The third kappa shape index (κ3) is 2.45. The summed E-state index contributed by atoms with van der Waals surface area (Å²) in [4.78, 5) is 14.9. The van der Waals surface area contributed by atoms with Gasteiger partial charge >= 0.3 is 5.69 Å². The predicted molar refractivity (Wildman–Crippen MR) is 76.5 cm³/mol. The number of nitrogens with zero attached hydrogens (tertiary/aromatic N) is 5. The van der Waals surface area contributed by atoms with Crippen LogP contribution >= 0.6 is 11.6 Å². The molecule has 0 aliphatic heterocycles. The van der Waals surface area contributed by atoms with Gasteiger partial charge in [-0.25, -0.2) is 9.67 Å². The molecule has 0 unspecified atom stereocenters. The van der Waals surface area contributed by atoms with Gasteiger partial charge in [0.25, 0.3) is 0 Å². The van der Waals surface area contributed by atoms with E-state index in [1.54, 1.807) is 13.8 Å². The van der Waals surface area contributed by atoms with Crippen LogP contribution in [0.15, 0.2) is 12.3 Å². The van der Waals surface area contributed by atoms with Crippen molar-refractivity contribution in [2.45, 2.75) is 26.7 Å². The highest BCUT2D eigenvalue weighted by Crippen LogP contribution is 2.30. The minimum atomic E-state index is -0.441. The Morgan fingerprint density at radius 1 is 1.48 bits per heavy atom. The topological polar surface area (TPSA) is 97.6 Å². The Morgan fingerprint density at radius 3 is 2.71 bits per heavy atom. The Kier molecular flexibility index (Phi) is 4.19. The lowest BCUT2D eigenvalue weighted by Crippen LogP contribution is -2.06. The summed E-state index contributed by atoms with van der Waals surface area (Å²) in [5.41, 5.74) is 1.03. The summed E-state index contributed by atoms with van der Waals surface area (Å²) in [6, 6.07) is 3.44. The molecule has 0 aromatic carbocycles. The van der Waals surface area contributed by atoms with Gasteiger partial charge in [-0.3, -0.25) is 10.1 Å². The molecule has 2 aromatic heterocycles. The summed E-state index contributed by atoms with van der Waals surface area (Å²) in [6.07, 6.45) is 2.25. The maximum absolute atomic E-state index is 11.3.